The summed E-state index contributed by atoms with van der Waals surface area (Å²) >= 11 is 0. The summed E-state index contributed by atoms with van der Waals surface area (Å²) in [5.41, 5.74) is 0. The molecule has 15 heavy (non-hydrogen) atoms. The second-order valence-corrected chi connectivity index (χ2v) is 3.78. The number of aryl methyl sites for hydroxylation is 2. The summed E-state index contributed by atoms with van der Waals surface area (Å²) in [4.78, 5) is 3.24. The third-order valence-corrected chi connectivity index (χ3v) is 2.62. The molecule has 0 spiro atoms. The molecule has 0 fully saturated rings. The predicted molar refractivity (Wildman–Crippen MR) is 59.1 cm³/mol. The largest absolute Gasteiger partial charge is 0.253 e. The molecule has 0 aliphatic rings. The molecule has 82 valence electrons. The molecule has 1 rings (SSSR count). The zero-order chi connectivity index (χ0) is 10.9. The van der Waals surface area contributed by atoms with Gasteiger partial charge < -0.3 is 0 Å². The van der Waals surface area contributed by atoms with E-state index in [1.54, 1.807) is 0 Å². The van der Waals surface area contributed by atoms with Crippen LogP contribution in [0.5, 0.6) is 0 Å². The van der Waals surface area contributed by atoms with Crippen LogP contribution in [0.1, 0.15) is 44.9 Å². The zero-order valence-corrected chi connectivity index (χ0v) is 9.50. The lowest BCUT2D eigenvalue weighted by atomic mass is 10.1. The van der Waals surface area contributed by atoms with Gasteiger partial charge in [-0.3, -0.25) is 0 Å². The fraction of sp³-hybridized carbons (Fsp3) is 0.667. The van der Waals surface area contributed by atoms with Gasteiger partial charge in [-0.25, -0.2) is 9.55 Å². The maximum Gasteiger partial charge on any atom is 0.253 e. The Morgan fingerprint density at radius 3 is 2.87 bits per heavy atom. The summed E-state index contributed by atoms with van der Waals surface area (Å²) in [5.74, 6) is 1.30. The minimum atomic E-state index is 0.706. The van der Waals surface area contributed by atoms with Crippen molar-refractivity contribution >= 4 is 0 Å². The number of hydrogen-bond donors (Lipinski definition) is 1. The number of nitrogens with one attached hydrogen (secondary N) is 1. The van der Waals surface area contributed by atoms with Crippen LogP contribution in [0.3, 0.4) is 0 Å². The lowest BCUT2D eigenvalue weighted by Crippen LogP contribution is -2.35. The first-order valence-electron chi connectivity index (χ1n) is 5.81. The average molecular weight is 206 g/mol. The van der Waals surface area contributed by atoms with Crippen molar-refractivity contribution in [1.82, 2.24) is 4.98 Å². The molecule has 3 nitrogen and oxygen atoms in total. The van der Waals surface area contributed by atoms with Crippen LogP contribution in [0.25, 0.3) is 0 Å². The molecule has 1 aromatic heterocycles. The zero-order valence-electron chi connectivity index (χ0n) is 9.50. The van der Waals surface area contributed by atoms with Gasteiger partial charge in [-0.05, 0) is 19.3 Å². The van der Waals surface area contributed by atoms with E-state index in [0.717, 1.165) is 19.4 Å². The summed E-state index contributed by atoms with van der Waals surface area (Å²) in [6.07, 6.45) is 10.5. The molecular weight excluding hydrogens is 186 g/mol. The van der Waals surface area contributed by atoms with Crippen molar-refractivity contribution in [2.24, 2.45) is 0 Å². The van der Waals surface area contributed by atoms with Crippen molar-refractivity contribution < 1.29 is 4.57 Å². The van der Waals surface area contributed by atoms with Crippen molar-refractivity contribution in [1.29, 1.82) is 5.26 Å². The van der Waals surface area contributed by atoms with Crippen molar-refractivity contribution in [3.63, 3.8) is 0 Å². The summed E-state index contributed by atoms with van der Waals surface area (Å²) in [6, 6.07) is 2.18. The highest BCUT2D eigenvalue weighted by Crippen LogP contribution is 2.02. The van der Waals surface area contributed by atoms with E-state index in [1.165, 1.54) is 25.1 Å². The van der Waals surface area contributed by atoms with Crippen LogP contribution in [0.4, 0.5) is 0 Å². The molecular formula is C12H20N3+. The lowest BCUT2D eigenvalue weighted by molar-refractivity contribution is -0.703. The van der Waals surface area contributed by atoms with Crippen LogP contribution in [0.15, 0.2) is 12.4 Å². The van der Waals surface area contributed by atoms with Crippen LogP contribution in [0, 0.1) is 11.3 Å². The van der Waals surface area contributed by atoms with Gasteiger partial charge in [0.1, 0.15) is 12.4 Å². The normalized spacial score (nSPS) is 10.1. The Morgan fingerprint density at radius 2 is 2.13 bits per heavy atom. The molecule has 0 unspecified atom stereocenters. The molecule has 0 saturated heterocycles. The molecule has 1 aromatic rings. The smallest absolute Gasteiger partial charge is 0.248 e. The monoisotopic (exact) mass is 206 g/mol. The molecule has 3 heteroatoms. The van der Waals surface area contributed by atoms with Gasteiger partial charge in [-0.1, -0.05) is 13.3 Å². The van der Waals surface area contributed by atoms with Gasteiger partial charge in [-0.15, -0.1) is 0 Å². The number of nitrogens with zero attached hydrogens (tertiary/aromatic N) is 2. The van der Waals surface area contributed by atoms with Gasteiger partial charge in [0.05, 0.1) is 12.6 Å². The lowest BCUT2D eigenvalue weighted by Gasteiger charge is -1.99. The average Bonchev–Trinajstić information content (AvgIpc) is 2.70. The van der Waals surface area contributed by atoms with E-state index in [0.29, 0.717) is 6.42 Å². The third-order valence-electron chi connectivity index (χ3n) is 2.62. The van der Waals surface area contributed by atoms with Crippen LogP contribution in [-0.2, 0) is 13.0 Å². The van der Waals surface area contributed by atoms with E-state index in [9.17, 15) is 0 Å². The number of aromatic nitrogens is 2. The number of imidazole rings is 1. The van der Waals surface area contributed by atoms with Crippen molar-refractivity contribution in [3.05, 3.63) is 18.2 Å². The molecule has 0 saturated carbocycles. The van der Waals surface area contributed by atoms with Crippen LogP contribution < -0.4 is 4.57 Å². The number of rotatable bonds is 7. The first-order valence-corrected chi connectivity index (χ1v) is 5.81. The van der Waals surface area contributed by atoms with Gasteiger partial charge in [0, 0.05) is 12.8 Å². The van der Waals surface area contributed by atoms with Gasteiger partial charge in [0.15, 0.2) is 0 Å². The fourth-order valence-electron chi connectivity index (χ4n) is 1.75. The number of unbranched alkanes of at least 4 members (excludes halogenated alkanes) is 4. The summed E-state index contributed by atoms with van der Waals surface area (Å²) in [7, 11) is 0. The van der Waals surface area contributed by atoms with Gasteiger partial charge in [0.25, 0.3) is 5.82 Å². The summed E-state index contributed by atoms with van der Waals surface area (Å²) in [5, 5.41) is 8.38. The van der Waals surface area contributed by atoms with E-state index in [-0.39, 0.29) is 0 Å². The summed E-state index contributed by atoms with van der Waals surface area (Å²) in [6.45, 7) is 3.26. The Morgan fingerprint density at radius 1 is 1.33 bits per heavy atom. The SMILES string of the molecule is CCc1[nH]cc[n+]1CCCCCCC#N. The molecule has 0 radical (unpaired) electrons. The highest BCUT2D eigenvalue weighted by molar-refractivity contribution is 4.75. The Labute approximate surface area is 91.7 Å². The number of nitriles is 1. The van der Waals surface area contributed by atoms with Crippen molar-refractivity contribution in [2.45, 2.75) is 52.0 Å². The van der Waals surface area contributed by atoms with Crippen LogP contribution in [0.2, 0.25) is 0 Å². The number of aromatic amines is 1. The summed E-state index contributed by atoms with van der Waals surface area (Å²) < 4.78 is 2.28. The van der Waals surface area contributed by atoms with Gasteiger partial charge in [0.2, 0.25) is 0 Å². The van der Waals surface area contributed by atoms with Gasteiger partial charge in [-0.2, -0.15) is 5.26 Å². The molecule has 0 amide bonds. The van der Waals surface area contributed by atoms with Crippen molar-refractivity contribution in [3.8, 4) is 6.07 Å². The highest BCUT2D eigenvalue weighted by Gasteiger charge is 2.06. The maximum atomic E-state index is 8.38. The topological polar surface area (TPSA) is 43.5 Å². The van der Waals surface area contributed by atoms with E-state index in [4.69, 9.17) is 5.26 Å². The van der Waals surface area contributed by atoms with E-state index >= 15 is 0 Å². The number of hydrogen-bond acceptors (Lipinski definition) is 1. The predicted octanol–water partition coefficient (Wildman–Crippen LogP) is 2.34. The molecule has 0 aromatic carbocycles. The van der Waals surface area contributed by atoms with Crippen LogP contribution >= 0.6 is 0 Å². The molecule has 0 aliphatic carbocycles. The standard InChI is InChI=1S/C12H19N3/c1-2-12-14-9-11-15(12)10-7-5-3-4-6-8-13/h9,11H,2-7,10H2,1H3/p+1. The highest BCUT2D eigenvalue weighted by atomic mass is 15.1. The second kappa shape index (κ2) is 7.05. The molecule has 1 N–H and O–H groups in total. The Bertz CT molecular complexity index is 309. The minimum Gasteiger partial charge on any atom is -0.248 e. The first-order chi connectivity index (χ1) is 7.38. The second-order valence-electron chi connectivity index (χ2n) is 3.78. The molecule has 0 aliphatic heterocycles. The fourth-order valence-corrected chi connectivity index (χ4v) is 1.75. The molecule has 0 bridgehead atoms. The molecule has 1 heterocycles. The van der Waals surface area contributed by atoms with E-state index in [2.05, 4.69) is 28.7 Å². The van der Waals surface area contributed by atoms with E-state index in [1.807, 2.05) is 6.20 Å². The maximum absolute atomic E-state index is 8.38. The quantitative estimate of drug-likeness (QED) is 0.540. The number of H-pyrrole nitrogens is 1. The Hall–Kier alpha value is -1.30. The van der Waals surface area contributed by atoms with Gasteiger partial charge >= 0.3 is 0 Å². The molecule has 0 atom stereocenters. The van der Waals surface area contributed by atoms with Crippen LogP contribution in [-0.4, -0.2) is 4.98 Å². The Balaban J connectivity index is 2.12. The van der Waals surface area contributed by atoms with Crippen molar-refractivity contribution in [2.75, 3.05) is 0 Å². The third kappa shape index (κ3) is 4.16. The Kier molecular flexibility index (Phi) is 5.54. The van der Waals surface area contributed by atoms with E-state index < -0.39 is 0 Å². The first kappa shape index (κ1) is 11.8. The minimum absolute atomic E-state index is 0.706.